The predicted octanol–water partition coefficient (Wildman–Crippen LogP) is 1.92. The molecule has 0 saturated carbocycles. The van der Waals surface area contributed by atoms with Crippen molar-refractivity contribution < 1.29 is 9.32 Å². The highest BCUT2D eigenvalue weighted by molar-refractivity contribution is 5.77. The maximum absolute atomic E-state index is 11.6. The summed E-state index contributed by atoms with van der Waals surface area (Å²) in [5.41, 5.74) is 0. The molecule has 0 spiro atoms. The second-order valence-electron chi connectivity index (χ2n) is 4.89. The molecule has 1 aromatic heterocycles. The maximum Gasteiger partial charge on any atom is 0.233 e. The van der Waals surface area contributed by atoms with Crippen LogP contribution in [-0.4, -0.2) is 34.0 Å². The molecule has 1 amide bonds. The van der Waals surface area contributed by atoms with Gasteiger partial charge in [-0.2, -0.15) is 4.98 Å². The van der Waals surface area contributed by atoms with Gasteiger partial charge in [-0.25, -0.2) is 0 Å². The fraction of sp³-hybridized carbons (Fsp3) is 0.750. The molecule has 1 aliphatic heterocycles. The minimum Gasteiger partial charge on any atom is -0.341 e. The lowest BCUT2D eigenvalue weighted by Gasteiger charge is -2.37. The van der Waals surface area contributed by atoms with Gasteiger partial charge >= 0.3 is 0 Å². The van der Waals surface area contributed by atoms with Crippen LogP contribution < -0.4 is 0 Å². The lowest BCUT2D eigenvalue weighted by Crippen LogP contribution is -2.48. The van der Waals surface area contributed by atoms with Gasteiger partial charge in [-0.05, 0) is 6.42 Å². The van der Waals surface area contributed by atoms with Crippen molar-refractivity contribution in [2.24, 2.45) is 0 Å². The number of nitrogens with zero attached hydrogens (tertiary/aromatic N) is 3. The monoisotopic (exact) mass is 237 g/mol. The van der Waals surface area contributed by atoms with E-state index in [2.05, 4.69) is 10.1 Å². The van der Waals surface area contributed by atoms with E-state index in [1.807, 2.05) is 25.7 Å². The van der Waals surface area contributed by atoms with Crippen molar-refractivity contribution in [1.82, 2.24) is 15.0 Å². The molecule has 1 aromatic rings. The van der Waals surface area contributed by atoms with Gasteiger partial charge < -0.3 is 9.42 Å². The number of carbonyl (C=O) groups is 1. The van der Waals surface area contributed by atoms with Gasteiger partial charge in [0, 0.05) is 25.4 Å². The van der Waals surface area contributed by atoms with E-state index in [-0.39, 0.29) is 17.7 Å². The zero-order valence-corrected chi connectivity index (χ0v) is 10.6. The molecule has 0 aliphatic carbocycles. The van der Waals surface area contributed by atoms with Crippen molar-refractivity contribution in [2.45, 2.75) is 45.4 Å². The highest BCUT2D eigenvalue weighted by atomic mass is 16.5. The number of carbonyl (C=O) groups excluding carboxylic acids is 1. The number of likely N-dealkylation sites (tertiary alicyclic amines) is 1. The molecule has 17 heavy (non-hydrogen) atoms. The van der Waals surface area contributed by atoms with Crippen molar-refractivity contribution in [3.05, 3.63) is 11.7 Å². The summed E-state index contributed by atoms with van der Waals surface area (Å²) < 4.78 is 5.22. The van der Waals surface area contributed by atoms with Gasteiger partial charge in [0.2, 0.25) is 11.8 Å². The molecule has 1 saturated heterocycles. The quantitative estimate of drug-likeness (QED) is 0.802. The van der Waals surface area contributed by atoms with Gasteiger partial charge in [0.25, 0.3) is 0 Å². The van der Waals surface area contributed by atoms with Crippen LogP contribution in [0.5, 0.6) is 0 Å². The van der Waals surface area contributed by atoms with Crippen molar-refractivity contribution in [1.29, 1.82) is 0 Å². The minimum absolute atomic E-state index is 0.229. The normalized spacial score (nSPS) is 16.4. The van der Waals surface area contributed by atoms with E-state index >= 15 is 0 Å². The van der Waals surface area contributed by atoms with Crippen molar-refractivity contribution in [3.63, 3.8) is 0 Å². The number of hydrogen-bond donors (Lipinski definition) is 0. The van der Waals surface area contributed by atoms with Gasteiger partial charge in [-0.15, -0.1) is 0 Å². The van der Waals surface area contributed by atoms with Crippen LogP contribution in [-0.2, 0) is 4.79 Å². The fourth-order valence-corrected chi connectivity index (χ4v) is 1.86. The fourth-order valence-electron chi connectivity index (χ4n) is 1.86. The summed E-state index contributed by atoms with van der Waals surface area (Å²) in [5.74, 6) is 2.17. The van der Waals surface area contributed by atoms with E-state index in [0.29, 0.717) is 12.3 Å². The molecule has 1 aliphatic rings. The molecule has 0 radical (unpaired) electrons. The van der Waals surface area contributed by atoms with E-state index in [4.69, 9.17) is 4.52 Å². The second-order valence-corrected chi connectivity index (χ2v) is 4.89. The Balaban J connectivity index is 1.88. The van der Waals surface area contributed by atoms with Crippen molar-refractivity contribution in [3.8, 4) is 0 Å². The molecule has 0 unspecified atom stereocenters. The summed E-state index contributed by atoms with van der Waals surface area (Å²) in [7, 11) is 0. The summed E-state index contributed by atoms with van der Waals surface area (Å²) in [6, 6.07) is 0. The van der Waals surface area contributed by atoms with Crippen LogP contribution in [0.1, 0.15) is 57.2 Å². The smallest absolute Gasteiger partial charge is 0.233 e. The molecule has 2 heterocycles. The molecule has 5 heteroatoms. The van der Waals surface area contributed by atoms with E-state index < -0.39 is 0 Å². The Morgan fingerprint density at radius 1 is 1.53 bits per heavy atom. The minimum atomic E-state index is 0.229. The Morgan fingerprint density at radius 3 is 2.76 bits per heavy atom. The van der Waals surface area contributed by atoms with Crippen molar-refractivity contribution >= 4 is 5.91 Å². The highest BCUT2D eigenvalue weighted by Gasteiger charge is 2.35. The topological polar surface area (TPSA) is 59.2 Å². The van der Waals surface area contributed by atoms with Gasteiger partial charge in [0.05, 0.1) is 5.92 Å². The van der Waals surface area contributed by atoms with Crippen LogP contribution in [0, 0.1) is 0 Å². The lowest BCUT2D eigenvalue weighted by atomic mass is 9.99. The molecule has 0 bridgehead atoms. The van der Waals surface area contributed by atoms with E-state index in [0.717, 1.165) is 25.3 Å². The molecule has 0 N–H and O–H groups in total. The first-order chi connectivity index (χ1) is 8.11. The number of rotatable bonds is 4. The zero-order chi connectivity index (χ0) is 12.4. The third kappa shape index (κ3) is 2.48. The Labute approximate surface area is 101 Å². The van der Waals surface area contributed by atoms with Crippen LogP contribution in [0.25, 0.3) is 0 Å². The Morgan fingerprint density at radius 2 is 2.24 bits per heavy atom. The van der Waals surface area contributed by atoms with Gasteiger partial charge in [-0.3, -0.25) is 4.79 Å². The van der Waals surface area contributed by atoms with E-state index in [1.165, 1.54) is 0 Å². The average Bonchev–Trinajstić information content (AvgIpc) is 2.65. The summed E-state index contributed by atoms with van der Waals surface area (Å²) >= 11 is 0. The molecular formula is C12H19N3O2. The number of amides is 1. The van der Waals surface area contributed by atoms with Crippen LogP contribution >= 0.6 is 0 Å². The molecule has 2 rings (SSSR count). The highest BCUT2D eigenvalue weighted by Crippen LogP contribution is 2.27. The molecule has 1 fully saturated rings. The third-order valence-corrected chi connectivity index (χ3v) is 3.02. The SMILES string of the molecule is CCCC(=O)N1CC(c2nc(C(C)C)no2)C1. The predicted molar refractivity (Wildman–Crippen MR) is 62.6 cm³/mol. The molecule has 0 aromatic carbocycles. The van der Waals surface area contributed by atoms with E-state index in [9.17, 15) is 4.79 Å². The molecule has 0 atom stereocenters. The summed E-state index contributed by atoms with van der Waals surface area (Å²) in [5, 5.41) is 3.94. The largest absolute Gasteiger partial charge is 0.341 e. The van der Waals surface area contributed by atoms with Gasteiger partial charge in [-0.1, -0.05) is 25.9 Å². The second kappa shape index (κ2) is 4.85. The summed E-state index contributed by atoms with van der Waals surface area (Å²) in [6.45, 7) is 7.53. The number of hydrogen-bond acceptors (Lipinski definition) is 4. The maximum atomic E-state index is 11.6. The van der Waals surface area contributed by atoms with Crippen LogP contribution in [0.2, 0.25) is 0 Å². The first-order valence-electron chi connectivity index (χ1n) is 6.23. The molecular weight excluding hydrogens is 218 g/mol. The zero-order valence-electron chi connectivity index (χ0n) is 10.6. The average molecular weight is 237 g/mol. The molecule has 94 valence electrons. The van der Waals surface area contributed by atoms with Crippen LogP contribution in [0.4, 0.5) is 0 Å². The third-order valence-electron chi connectivity index (χ3n) is 3.02. The first-order valence-corrected chi connectivity index (χ1v) is 6.23. The summed E-state index contributed by atoms with van der Waals surface area (Å²) in [4.78, 5) is 17.8. The standard InChI is InChI=1S/C12H19N3O2/c1-4-5-10(16)15-6-9(7-15)12-13-11(8(2)3)14-17-12/h8-9H,4-7H2,1-3H3. The Bertz CT molecular complexity index is 394. The van der Waals surface area contributed by atoms with Crippen LogP contribution in [0.3, 0.4) is 0 Å². The Kier molecular flexibility index (Phi) is 3.45. The number of aromatic nitrogens is 2. The molecule has 5 nitrogen and oxygen atoms in total. The summed E-state index contributed by atoms with van der Waals surface area (Å²) in [6.07, 6.45) is 1.53. The van der Waals surface area contributed by atoms with Gasteiger partial charge in [0.1, 0.15) is 0 Å². The lowest BCUT2D eigenvalue weighted by molar-refractivity contribution is -0.136. The first kappa shape index (κ1) is 12.1. The van der Waals surface area contributed by atoms with Crippen LogP contribution in [0.15, 0.2) is 4.52 Å². The van der Waals surface area contributed by atoms with Crippen molar-refractivity contribution in [2.75, 3.05) is 13.1 Å². The Hall–Kier alpha value is -1.39. The van der Waals surface area contributed by atoms with E-state index in [1.54, 1.807) is 0 Å². The van der Waals surface area contributed by atoms with Gasteiger partial charge in [0.15, 0.2) is 5.82 Å².